The molecule has 13 nitrogen and oxygen atoms in total. The maximum atomic E-state index is 16.7. The number of hydrogen-bond acceptors (Lipinski definition) is 13. The highest BCUT2D eigenvalue weighted by molar-refractivity contribution is 5.94. The standard InChI is InChI=1S/C62H80N2O11/c1-31-38-9-4-7-32(38)12-18-57(31)16-6-17-60-45(57)23-37-22-36-8-5-15-58(36)26-35-25-55(2)51(40-14-20-71-44(40)24-41(43(66)28-65)33-10-11-39-34(21-33)13-19-64-30-63-27-42(39)64)73-54(70)52-62(55,74-52)56(3)47(35)59(48(60)46(67)50(56)68)29-72-53(69)49(58)61(37,59)75-60/h13-14,19-20,23,31-36,38-39,41-43,45,47-52,63,65-66,68H,4-12,15-18,21-22,24-30H2,1-3H3. The topological polar surface area (TPSA) is 181 Å². The molecule has 404 valence electrons. The number of esters is 2. The molecule has 5 saturated heterocycles. The zero-order chi connectivity index (χ0) is 50.8. The van der Waals surface area contributed by atoms with Crippen molar-refractivity contribution in [1.29, 1.82) is 0 Å². The van der Waals surface area contributed by atoms with Crippen molar-refractivity contribution in [3.63, 3.8) is 0 Å². The van der Waals surface area contributed by atoms with Crippen LogP contribution in [-0.4, -0.2) is 106 Å². The minimum absolute atomic E-state index is 0.00533. The van der Waals surface area contributed by atoms with Crippen LogP contribution in [0.2, 0.25) is 0 Å². The lowest BCUT2D eigenvalue weighted by Gasteiger charge is -2.70. The SMILES string of the molecule is CC1C2CCCC2CCC12CCCC13OC45C(=CC21)CC1CCCC12CC1CC6(C)C(c7ccoc7CC(C(O)CO)C7CCC8C(C=CN9CNCC89)C7)OC(=O)C7OC76C6(C)C(O)C(=O)C3C4(COC(=O)C25)C16. The number of cyclic esters (lactones) is 2. The molecule has 16 aliphatic rings. The number of carbonyl (C=O) groups excluding carboxylic acids is 3. The van der Waals surface area contributed by atoms with Gasteiger partial charge in [0.1, 0.15) is 35.8 Å². The highest BCUT2D eigenvalue weighted by Crippen LogP contribution is 2.90. The molecule has 0 aromatic carbocycles. The zero-order valence-electron chi connectivity index (χ0n) is 44.4. The van der Waals surface area contributed by atoms with Crippen molar-refractivity contribution in [2.24, 2.45) is 104 Å². The van der Waals surface area contributed by atoms with Gasteiger partial charge in [-0.3, -0.25) is 14.9 Å². The van der Waals surface area contributed by atoms with Crippen LogP contribution in [0, 0.1) is 104 Å². The summed E-state index contributed by atoms with van der Waals surface area (Å²) < 4.78 is 35.7. The lowest BCUT2D eigenvalue weighted by atomic mass is 9.32. The Balaban J connectivity index is 0.808. The molecule has 4 N–H and O–H groups in total. The first-order valence-electron chi connectivity index (χ1n) is 30.4. The number of fused-ring (bicyclic) bond motifs is 5. The Morgan fingerprint density at radius 3 is 2.64 bits per heavy atom. The van der Waals surface area contributed by atoms with Gasteiger partial charge in [0.05, 0.1) is 48.5 Å². The number of Topliss-reactive ketones (excluding diaryl/α,β-unsaturated/α-hetero) is 1. The molecule has 13 heteroatoms. The Hall–Kier alpha value is -3.07. The van der Waals surface area contributed by atoms with E-state index in [2.05, 4.69) is 49.3 Å². The number of furan rings is 1. The number of nitrogens with one attached hydrogen (secondary N) is 1. The Kier molecular flexibility index (Phi) is 9.26. The number of carbonyl (C=O) groups is 3. The molecule has 8 heterocycles. The van der Waals surface area contributed by atoms with Crippen LogP contribution in [0.4, 0.5) is 0 Å². The molecule has 14 fully saturated rings. The number of epoxide rings is 1. The number of ether oxygens (including phenoxy) is 4. The van der Waals surface area contributed by atoms with E-state index in [0.717, 1.165) is 102 Å². The van der Waals surface area contributed by atoms with E-state index >= 15 is 9.59 Å². The Labute approximate surface area is 441 Å². The second-order valence-electron chi connectivity index (χ2n) is 29.3. The maximum Gasteiger partial charge on any atom is 0.339 e. The van der Waals surface area contributed by atoms with Crippen molar-refractivity contribution in [2.45, 2.75) is 184 Å². The van der Waals surface area contributed by atoms with Crippen LogP contribution in [-0.2, 0) is 39.8 Å². The van der Waals surface area contributed by atoms with Crippen molar-refractivity contribution >= 4 is 17.7 Å². The minimum Gasteiger partial charge on any atom is -0.469 e. The highest BCUT2D eigenvalue weighted by Gasteiger charge is 2.98. The average Bonchev–Trinajstić information content (AvgIpc) is 2.97. The molecule has 26 unspecified atom stereocenters. The maximum absolute atomic E-state index is 16.7. The third kappa shape index (κ3) is 4.99. The van der Waals surface area contributed by atoms with Crippen molar-refractivity contribution in [2.75, 3.05) is 26.4 Å². The Bertz CT molecular complexity index is 2760. The first-order chi connectivity index (χ1) is 36.2. The van der Waals surface area contributed by atoms with E-state index in [0.29, 0.717) is 48.3 Å². The molecule has 9 aliphatic carbocycles. The molecule has 1 aromatic heterocycles. The summed E-state index contributed by atoms with van der Waals surface area (Å²) in [5, 5.41) is 39.8. The van der Waals surface area contributed by atoms with Crippen LogP contribution in [0.5, 0.6) is 0 Å². The van der Waals surface area contributed by atoms with Gasteiger partial charge in [-0.05, 0) is 178 Å². The molecule has 17 rings (SSSR count). The number of hydrogen-bond donors (Lipinski definition) is 4. The quantitative estimate of drug-likeness (QED) is 0.126. The van der Waals surface area contributed by atoms with Gasteiger partial charge < -0.3 is 43.6 Å². The van der Waals surface area contributed by atoms with Crippen molar-refractivity contribution in [3.8, 4) is 0 Å². The highest BCUT2D eigenvalue weighted by atomic mass is 16.7. The van der Waals surface area contributed by atoms with Gasteiger partial charge in [0, 0.05) is 41.3 Å². The van der Waals surface area contributed by atoms with Crippen molar-refractivity contribution in [1.82, 2.24) is 10.2 Å². The first kappa shape index (κ1) is 46.8. The first-order valence-corrected chi connectivity index (χ1v) is 30.4. The molecule has 26 atom stereocenters. The average molecular weight is 1030 g/mol. The van der Waals surface area contributed by atoms with Crippen molar-refractivity contribution in [3.05, 3.63) is 47.6 Å². The predicted molar refractivity (Wildman–Crippen MR) is 269 cm³/mol. The smallest absolute Gasteiger partial charge is 0.339 e. The minimum atomic E-state index is -1.47. The fourth-order valence-electron chi connectivity index (χ4n) is 25.8. The molecule has 6 spiro atoms. The molecule has 5 bridgehead atoms. The van der Waals surface area contributed by atoms with E-state index in [1.807, 2.05) is 6.07 Å². The van der Waals surface area contributed by atoms with Gasteiger partial charge in [0.2, 0.25) is 0 Å². The lowest BCUT2D eigenvalue weighted by molar-refractivity contribution is -0.282. The van der Waals surface area contributed by atoms with Crippen LogP contribution >= 0.6 is 0 Å². The molecule has 1 aromatic rings. The van der Waals surface area contributed by atoms with E-state index in [1.165, 1.54) is 31.3 Å². The van der Waals surface area contributed by atoms with Crippen LogP contribution < -0.4 is 5.32 Å². The second-order valence-corrected chi connectivity index (χ2v) is 29.3. The van der Waals surface area contributed by atoms with Gasteiger partial charge in [0.25, 0.3) is 0 Å². The van der Waals surface area contributed by atoms with E-state index in [9.17, 15) is 20.1 Å². The summed E-state index contributed by atoms with van der Waals surface area (Å²) in [6.45, 7) is 8.40. The van der Waals surface area contributed by atoms with Gasteiger partial charge in [-0.25, -0.2) is 4.79 Å². The number of rotatable bonds is 6. The summed E-state index contributed by atoms with van der Waals surface area (Å²) in [6.07, 6.45) is 22.1. The van der Waals surface area contributed by atoms with Gasteiger partial charge in [-0.15, -0.1) is 0 Å². The molecular formula is C62H80N2O11. The molecule has 75 heavy (non-hydrogen) atoms. The second kappa shape index (κ2) is 14.8. The van der Waals surface area contributed by atoms with Crippen LogP contribution in [0.1, 0.15) is 147 Å². The summed E-state index contributed by atoms with van der Waals surface area (Å²) in [5.74, 6) is 0.959. The van der Waals surface area contributed by atoms with E-state index in [-0.39, 0.29) is 65.9 Å². The van der Waals surface area contributed by atoms with Crippen LogP contribution in [0.15, 0.2) is 40.7 Å². The number of allylic oxidation sites excluding steroid dienone is 1. The molecular weight excluding hydrogens is 949 g/mol. The van der Waals surface area contributed by atoms with E-state index in [4.69, 9.17) is 23.4 Å². The van der Waals surface area contributed by atoms with Crippen LogP contribution in [0.3, 0.4) is 0 Å². The Morgan fingerprint density at radius 1 is 0.907 bits per heavy atom. The Morgan fingerprint density at radius 2 is 1.77 bits per heavy atom. The van der Waals surface area contributed by atoms with E-state index < -0.39 is 80.7 Å². The fourth-order valence-corrected chi connectivity index (χ4v) is 25.8. The van der Waals surface area contributed by atoms with E-state index in [1.54, 1.807) is 6.26 Å². The number of aliphatic hydroxyl groups excluding tert-OH is 3. The van der Waals surface area contributed by atoms with Gasteiger partial charge in [-0.1, -0.05) is 52.2 Å². The van der Waals surface area contributed by atoms with Gasteiger partial charge in [-0.2, -0.15) is 0 Å². The molecule has 9 saturated carbocycles. The third-order valence-corrected chi connectivity index (χ3v) is 27.9. The molecule has 0 amide bonds. The number of aliphatic hydroxyl groups is 3. The van der Waals surface area contributed by atoms with Gasteiger partial charge in [0.15, 0.2) is 11.9 Å². The normalized spacial score (nSPS) is 57.2. The summed E-state index contributed by atoms with van der Waals surface area (Å²) in [5.41, 5.74) is -4.94. The largest absolute Gasteiger partial charge is 0.469 e. The summed E-state index contributed by atoms with van der Waals surface area (Å²) in [7, 11) is 0. The number of ketones is 1. The fraction of sp³-hybridized carbons (Fsp3) is 0.823. The zero-order valence-corrected chi connectivity index (χ0v) is 44.4. The lowest BCUT2D eigenvalue weighted by Crippen LogP contribution is -2.80. The monoisotopic (exact) mass is 1030 g/mol. The van der Waals surface area contributed by atoms with Crippen molar-refractivity contribution < 1.29 is 53.1 Å². The summed E-state index contributed by atoms with van der Waals surface area (Å²) in [6, 6.07) is 2.40. The van der Waals surface area contributed by atoms with Gasteiger partial charge >= 0.3 is 11.9 Å². The molecule has 7 aliphatic heterocycles. The number of nitrogens with zero attached hydrogens (tertiary/aromatic N) is 1. The molecule has 0 radical (unpaired) electrons. The van der Waals surface area contributed by atoms with Crippen LogP contribution in [0.25, 0.3) is 0 Å². The summed E-state index contributed by atoms with van der Waals surface area (Å²) in [4.78, 5) is 49.6. The summed E-state index contributed by atoms with van der Waals surface area (Å²) >= 11 is 0. The predicted octanol–water partition coefficient (Wildman–Crippen LogP) is 7.36. The third-order valence-electron chi connectivity index (χ3n) is 27.9.